The van der Waals surface area contributed by atoms with Crippen LogP contribution in [0.2, 0.25) is 0 Å². The largest absolute Gasteiger partial charge is 0.487 e. The molecule has 1 aromatic carbocycles. The number of aromatic nitrogens is 2. The Labute approximate surface area is 121 Å². The number of aryl methyl sites for hydroxylation is 2. The fraction of sp³-hybridized carbons (Fsp3) is 0.471. The van der Waals surface area contributed by atoms with E-state index in [9.17, 15) is 0 Å². The van der Waals surface area contributed by atoms with E-state index in [4.69, 9.17) is 4.74 Å². The van der Waals surface area contributed by atoms with Gasteiger partial charge in [-0.3, -0.25) is 4.68 Å². The highest BCUT2D eigenvalue weighted by Gasteiger charge is 2.08. The first-order chi connectivity index (χ1) is 9.62. The number of hydrogen-bond donors (Lipinski definition) is 0. The summed E-state index contributed by atoms with van der Waals surface area (Å²) < 4.78 is 7.89. The lowest BCUT2D eigenvalue weighted by Crippen LogP contribution is -2.08. The van der Waals surface area contributed by atoms with Crippen LogP contribution in [-0.4, -0.2) is 9.78 Å². The van der Waals surface area contributed by atoms with E-state index in [1.54, 1.807) is 0 Å². The van der Waals surface area contributed by atoms with Crippen LogP contribution in [-0.2, 0) is 6.61 Å². The third-order valence-electron chi connectivity index (χ3n) is 3.56. The van der Waals surface area contributed by atoms with Gasteiger partial charge in [0.05, 0.1) is 11.7 Å². The molecule has 3 heteroatoms. The van der Waals surface area contributed by atoms with Gasteiger partial charge < -0.3 is 4.74 Å². The Morgan fingerprint density at radius 3 is 2.35 bits per heavy atom. The second kappa shape index (κ2) is 6.60. The van der Waals surface area contributed by atoms with Crippen molar-refractivity contribution in [3.05, 3.63) is 47.3 Å². The summed E-state index contributed by atoms with van der Waals surface area (Å²) in [6.07, 6.45) is 4.27. The molecule has 3 nitrogen and oxygen atoms in total. The molecule has 0 saturated heterocycles. The number of hydrogen-bond acceptors (Lipinski definition) is 2. The molecule has 0 N–H and O–H groups in total. The maximum atomic E-state index is 5.84. The van der Waals surface area contributed by atoms with Crippen molar-refractivity contribution in [3.63, 3.8) is 0 Å². The molecule has 0 aliphatic rings. The van der Waals surface area contributed by atoms with Gasteiger partial charge in [-0.15, -0.1) is 0 Å². The summed E-state index contributed by atoms with van der Waals surface area (Å²) in [5.41, 5.74) is 3.43. The standard InChI is InChI=1S/C17H24N2O/c1-5-16(6-2)19-8-7-15(18-19)12-20-17-10-13(3)9-14(4)11-17/h7-11,16H,5-6,12H2,1-4H3. The minimum Gasteiger partial charge on any atom is -0.487 e. The third-order valence-corrected chi connectivity index (χ3v) is 3.56. The Kier molecular flexibility index (Phi) is 4.83. The Morgan fingerprint density at radius 1 is 1.10 bits per heavy atom. The maximum absolute atomic E-state index is 5.84. The topological polar surface area (TPSA) is 27.1 Å². The van der Waals surface area contributed by atoms with Crippen LogP contribution in [0.1, 0.15) is 49.6 Å². The fourth-order valence-corrected chi connectivity index (χ4v) is 2.49. The van der Waals surface area contributed by atoms with Gasteiger partial charge >= 0.3 is 0 Å². The molecule has 0 unspecified atom stereocenters. The molecule has 0 aliphatic heterocycles. The van der Waals surface area contributed by atoms with Gasteiger partial charge in [0.1, 0.15) is 12.4 Å². The molecular weight excluding hydrogens is 248 g/mol. The van der Waals surface area contributed by atoms with Crippen molar-refractivity contribution in [2.75, 3.05) is 0 Å². The molecule has 1 aromatic heterocycles. The molecule has 1 heterocycles. The van der Waals surface area contributed by atoms with E-state index >= 15 is 0 Å². The second-order valence-corrected chi connectivity index (χ2v) is 5.37. The zero-order valence-corrected chi connectivity index (χ0v) is 12.9. The molecular formula is C17H24N2O. The Balaban J connectivity index is 2.00. The maximum Gasteiger partial charge on any atom is 0.132 e. The summed E-state index contributed by atoms with van der Waals surface area (Å²) in [5, 5.41) is 4.60. The molecule has 0 radical (unpaired) electrons. The molecule has 2 rings (SSSR count). The number of benzene rings is 1. The van der Waals surface area contributed by atoms with Crippen molar-refractivity contribution in [3.8, 4) is 5.75 Å². The van der Waals surface area contributed by atoms with Crippen molar-refractivity contribution in [2.24, 2.45) is 0 Å². The summed E-state index contributed by atoms with van der Waals surface area (Å²) in [4.78, 5) is 0. The minimum atomic E-state index is 0.491. The number of ether oxygens (including phenoxy) is 1. The van der Waals surface area contributed by atoms with Crippen molar-refractivity contribution >= 4 is 0 Å². The summed E-state index contributed by atoms with van der Waals surface area (Å²) >= 11 is 0. The normalized spacial score (nSPS) is 11.1. The molecule has 0 fully saturated rings. The van der Waals surface area contributed by atoms with Gasteiger partial charge in [0.25, 0.3) is 0 Å². The molecule has 0 amide bonds. The van der Waals surface area contributed by atoms with Crippen LogP contribution in [0.3, 0.4) is 0 Å². The lowest BCUT2D eigenvalue weighted by molar-refractivity contribution is 0.297. The average Bonchev–Trinajstić information content (AvgIpc) is 2.86. The van der Waals surface area contributed by atoms with E-state index in [1.165, 1.54) is 11.1 Å². The lowest BCUT2D eigenvalue weighted by atomic mass is 10.1. The van der Waals surface area contributed by atoms with Crippen molar-refractivity contribution < 1.29 is 4.74 Å². The predicted molar refractivity (Wildman–Crippen MR) is 82.1 cm³/mol. The lowest BCUT2D eigenvalue weighted by Gasteiger charge is -2.12. The number of nitrogens with zero attached hydrogens (tertiary/aromatic N) is 2. The second-order valence-electron chi connectivity index (χ2n) is 5.37. The highest BCUT2D eigenvalue weighted by molar-refractivity contribution is 5.33. The van der Waals surface area contributed by atoms with Gasteiger partial charge in [-0.2, -0.15) is 5.10 Å². The van der Waals surface area contributed by atoms with Crippen LogP contribution in [0, 0.1) is 13.8 Å². The smallest absolute Gasteiger partial charge is 0.132 e. The first-order valence-corrected chi connectivity index (χ1v) is 7.37. The zero-order chi connectivity index (χ0) is 14.5. The van der Waals surface area contributed by atoms with Crippen molar-refractivity contribution in [1.29, 1.82) is 0 Å². The monoisotopic (exact) mass is 272 g/mol. The van der Waals surface area contributed by atoms with Crippen LogP contribution >= 0.6 is 0 Å². The van der Waals surface area contributed by atoms with Gasteiger partial charge in [-0.05, 0) is 56.0 Å². The average molecular weight is 272 g/mol. The van der Waals surface area contributed by atoms with Gasteiger partial charge in [0.15, 0.2) is 0 Å². The fourth-order valence-electron chi connectivity index (χ4n) is 2.49. The minimum absolute atomic E-state index is 0.491. The molecule has 20 heavy (non-hydrogen) atoms. The first kappa shape index (κ1) is 14.6. The molecule has 0 spiro atoms. The summed E-state index contributed by atoms with van der Waals surface area (Å²) in [5.74, 6) is 0.916. The van der Waals surface area contributed by atoms with Crippen molar-refractivity contribution in [1.82, 2.24) is 9.78 Å². The molecule has 0 atom stereocenters. The van der Waals surface area contributed by atoms with Crippen LogP contribution in [0.5, 0.6) is 5.75 Å². The van der Waals surface area contributed by atoms with E-state index in [1.807, 2.05) is 6.07 Å². The van der Waals surface area contributed by atoms with Gasteiger partial charge in [-0.1, -0.05) is 19.9 Å². The van der Waals surface area contributed by atoms with Crippen molar-refractivity contribution in [2.45, 2.75) is 53.2 Å². The molecule has 108 valence electrons. The van der Waals surface area contributed by atoms with E-state index < -0.39 is 0 Å². The summed E-state index contributed by atoms with van der Waals surface area (Å²) in [6.45, 7) is 9.09. The summed E-state index contributed by atoms with van der Waals surface area (Å²) in [6, 6.07) is 8.80. The zero-order valence-electron chi connectivity index (χ0n) is 12.9. The number of rotatable bonds is 6. The molecule has 0 aliphatic carbocycles. The van der Waals surface area contributed by atoms with Crippen LogP contribution < -0.4 is 4.74 Å². The highest BCUT2D eigenvalue weighted by Crippen LogP contribution is 2.18. The Morgan fingerprint density at radius 2 is 1.75 bits per heavy atom. The molecule has 0 saturated carbocycles. The van der Waals surface area contributed by atoms with E-state index in [0.29, 0.717) is 12.6 Å². The van der Waals surface area contributed by atoms with Crippen LogP contribution in [0.15, 0.2) is 30.5 Å². The van der Waals surface area contributed by atoms with Gasteiger partial charge in [0, 0.05) is 6.20 Å². The van der Waals surface area contributed by atoms with Crippen LogP contribution in [0.4, 0.5) is 0 Å². The van der Waals surface area contributed by atoms with Crippen LogP contribution in [0.25, 0.3) is 0 Å². The quantitative estimate of drug-likeness (QED) is 0.777. The highest BCUT2D eigenvalue weighted by atomic mass is 16.5. The van der Waals surface area contributed by atoms with Gasteiger partial charge in [-0.25, -0.2) is 0 Å². The third kappa shape index (κ3) is 3.62. The molecule has 2 aromatic rings. The SMILES string of the molecule is CCC(CC)n1ccc(COc2cc(C)cc(C)c2)n1. The summed E-state index contributed by atoms with van der Waals surface area (Å²) in [7, 11) is 0. The predicted octanol–water partition coefficient (Wildman–Crippen LogP) is 4.44. The van der Waals surface area contributed by atoms with E-state index in [2.05, 4.69) is 61.9 Å². The first-order valence-electron chi connectivity index (χ1n) is 7.37. The van der Waals surface area contributed by atoms with E-state index in [-0.39, 0.29) is 0 Å². The van der Waals surface area contributed by atoms with Gasteiger partial charge in [0.2, 0.25) is 0 Å². The van der Waals surface area contributed by atoms with E-state index in [0.717, 1.165) is 24.3 Å². The molecule has 0 bridgehead atoms. The Bertz CT molecular complexity index is 536. The Hall–Kier alpha value is -1.77.